The van der Waals surface area contributed by atoms with Gasteiger partial charge in [0.25, 0.3) is 0 Å². The molecule has 0 radical (unpaired) electrons. The van der Waals surface area contributed by atoms with Crippen LogP contribution >= 0.6 is 0 Å². The van der Waals surface area contributed by atoms with Crippen molar-refractivity contribution >= 4 is 0 Å². The zero-order valence-electron chi connectivity index (χ0n) is 7.69. The van der Waals surface area contributed by atoms with Crippen LogP contribution < -0.4 is 0 Å². The van der Waals surface area contributed by atoms with E-state index in [9.17, 15) is 0 Å². The van der Waals surface area contributed by atoms with E-state index in [2.05, 4.69) is 42.5 Å². The highest BCUT2D eigenvalue weighted by atomic mass is 14.4. The summed E-state index contributed by atoms with van der Waals surface area (Å²) in [7, 11) is 0. The van der Waals surface area contributed by atoms with Gasteiger partial charge in [0.05, 0.1) is 0 Å². The van der Waals surface area contributed by atoms with Crippen molar-refractivity contribution in [1.29, 1.82) is 0 Å². The Balaban J connectivity index is 1.95. The highest BCUT2D eigenvalue weighted by Crippen LogP contribution is 2.44. The molecular weight excluding hydrogens is 156 g/mol. The van der Waals surface area contributed by atoms with Crippen LogP contribution in [-0.4, -0.2) is 0 Å². The summed E-state index contributed by atoms with van der Waals surface area (Å²) in [5.74, 6) is 2.28. The summed E-state index contributed by atoms with van der Waals surface area (Å²) >= 11 is 0. The highest BCUT2D eigenvalue weighted by molar-refractivity contribution is 5.34. The van der Waals surface area contributed by atoms with E-state index in [4.69, 9.17) is 0 Å². The van der Waals surface area contributed by atoms with Crippen LogP contribution in [0.1, 0.15) is 12.8 Å². The van der Waals surface area contributed by atoms with Crippen molar-refractivity contribution in [1.82, 2.24) is 0 Å². The summed E-state index contributed by atoms with van der Waals surface area (Å²) in [6.45, 7) is 0. The molecule has 13 heavy (non-hydrogen) atoms. The van der Waals surface area contributed by atoms with Gasteiger partial charge in [0.1, 0.15) is 0 Å². The molecule has 0 heteroatoms. The van der Waals surface area contributed by atoms with Gasteiger partial charge in [-0.2, -0.15) is 0 Å². The van der Waals surface area contributed by atoms with Gasteiger partial charge in [-0.1, -0.05) is 48.1 Å². The number of fused-ring (bicyclic) bond motifs is 3. The Bertz CT molecular complexity index is 328. The van der Waals surface area contributed by atoms with Gasteiger partial charge in [0, 0.05) is 5.92 Å². The molecule has 3 atom stereocenters. The van der Waals surface area contributed by atoms with Crippen LogP contribution in [0, 0.1) is 17.8 Å². The van der Waals surface area contributed by atoms with E-state index >= 15 is 0 Å². The minimum atomic E-state index is 0.722. The van der Waals surface area contributed by atoms with Crippen molar-refractivity contribution in [3.8, 4) is 0 Å². The molecule has 0 nitrogen and oxygen atoms in total. The lowest BCUT2D eigenvalue weighted by Gasteiger charge is -2.35. The van der Waals surface area contributed by atoms with Crippen molar-refractivity contribution in [2.24, 2.45) is 17.8 Å². The molecule has 1 saturated carbocycles. The van der Waals surface area contributed by atoms with Gasteiger partial charge < -0.3 is 0 Å². The molecule has 0 aromatic heterocycles. The third-order valence-corrected chi connectivity index (χ3v) is 3.54. The third kappa shape index (κ3) is 1.05. The Morgan fingerprint density at radius 3 is 2.92 bits per heavy atom. The van der Waals surface area contributed by atoms with E-state index < -0.39 is 0 Å². The number of hydrogen-bond acceptors (Lipinski definition) is 0. The lowest BCUT2D eigenvalue weighted by Crippen LogP contribution is -2.26. The third-order valence-electron chi connectivity index (χ3n) is 3.54. The van der Waals surface area contributed by atoms with Gasteiger partial charge in [-0.05, 0) is 24.7 Å². The van der Waals surface area contributed by atoms with Gasteiger partial charge in [-0.3, -0.25) is 0 Å². The average Bonchev–Trinajstić information content (AvgIpc) is 2.65. The van der Waals surface area contributed by atoms with Gasteiger partial charge >= 0.3 is 0 Å². The van der Waals surface area contributed by atoms with Crippen LogP contribution in [0.15, 0.2) is 48.1 Å². The van der Waals surface area contributed by atoms with E-state index in [0.717, 1.165) is 17.8 Å². The summed E-state index contributed by atoms with van der Waals surface area (Å²) in [5, 5.41) is 0. The van der Waals surface area contributed by atoms with Crippen LogP contribution in [-0.2, 0) is 0 Å². The molecule has 1 fully saturated rings. The number of hydrogen-bond donors (Lipinski definition) is 0. The second-order valence-electron chi connectivity index (χ2n) is 4.20. The normalized spacial score (nSPS) is 40.0. The lowest BCUT2D eigenvalue weighted by atomic mass is 9.69. The molecule has 0 spiro atoms. The number of rotatable bonds is 0. The topological polar surface area (TPSA) is 0 Å². The van der Waals surface area contributed by atoms with Gasteiger partial charge in [0.15, 0.2) is 0 Å². The minimum absolute atomic E-state index is 0.722. The highest BCUT2D eigenvalue weighted by Gasteiger charge is 2.33. The molecule has 0 aromatic rings. The molecular formula is C13H14. The first kappa shape index (κ1) is 7.37. The first-order valence-electron chi connectivity index (χ1n) is 5.17. The molecule has 66 valence electrons. The number of allylic oxidation sites excluding steroid dienone is 8. The van der Waals surface area contributed by atoms with Gasteiger partial charge in [-0.25, -0.2) is 0 Å². The SMILES string of the molecule is C1=CC2CCC3=CC=CC3C2C=C1. The maximum Gasteiger partial charge on any atom is 0.00516 e. The zero-order chi connectivity index (χ0) is 8.67. The fourth-order valence-electron chi connectivity index (χ4n) is 2.84. The molecule has 0 aromatic carbocycles. The molecule has 3 unspecified atom stereocenters. The van der Waals surface area contributed by atoms with Gasteiger partial charge in [0.2, 0.25) is 0 Å². The molecule has 0 bridgehead atoms. The van der Waals surface area contributed by atoms with Crippen LogP contribution in [0.3, 0.4) is 0 Å². The van der Waals surface area contributed by atoms with Crippen molar-refractivity contribution in [2.75, 3.05) is 0 Å². The quantitative estimate of drug-likeness (QED) is 0.523. The van der Waals surface area contributed by atoms with E-state index in [0.29, 0.717) is 0 Å². The van der Waals surface area contributed by atoms with E-state index in [1.807, 2.05) is 0 Å². The summed E-state index contributed by atoms with van der Waals surface area (Å²) < 4.78 is 0. The van der Waals surface area contributed by atoms with Crippen LogP contribution in [0.4, 0.5) is 0 Å². The van der Waals surface area contributed by atoms with E-state index in [1.54, 1.807) is 5.57 Å². The first-order valence-corrected chi connectivity index (χ1v) is 5.17. The monoisotopic (exact) mass is 170 g/mol. The van der Waals surface area contributed by atoms with Crippen LogP contribution in [0.25, 0.3) is 0 Å². The van der Waals surface area contributed by atoms with Crippen LogP contribution in [0.5, 0.6) is 0 Å². The molecule has 0 saturated heterocycles. The smallest absolute Gasteiger partial charge is 0.00516 e. The molecule has 3 aliphatic rings. The largest absolute Gasteiger partial charge is 0.0808 e. The second kappa shape index (κ2) is 2.73. The molecule has 0 N–H and O–H groups in total. The summed E-state index contributed by atoms with van der Waals surface area (Å²) in [4.78, 5) is 0. The standard InChI is InChI=1S/C13H14/c1-2-6-12-10(4-1)8-9-11-5-3-7-13(11)12/h1-7,10,12-13H,8-9H2. The summed E-state index contributed by atoms with van der Waals surface area (Å²) in [5.41, 5.74) is 1.65. The molecule has 0 heterocycles. The van der Waals surface area contributed by atoms with Crippen molar-refractivity contribution in [2.45, 2.75) is 12.8 Å². The van der Waals surface area contributed by atoms with E-state index in [1.165, 1.54) is 12.8 Å². The Hall–Kier alpha value is -1.04. The predicted molar refractivity (Wildman–Crippen MR) is 55.2 cm³/mol. The Morgan fingerprint density at radius 1 is 1.00 bits per heavy atom. The van der Waals surface area contributed by atoms with Crippen LogP contribution in [0.2, 0.25) is 0 Å². The Morgan fingerprint density at radius 2 is 1.92 bits per heavy atom. The average molecular weight is 170 g/mol. The summed E-state index contributed by atoms with van der Waals surface area (Å²) in [6, 6.07) is 0. The maximum absolute atomic E-state index is 2.39. The van der Waals surface area contributed by atoms with Gasteiger partial charge in [-0.15, -0.1) is 0 Å². The van der Waals surface area contributed by atoms with Crippen molar-refractivity contribution < 1.29 is 0 Å². The fraction of sp³-hybridized carbons (Fsp3) is 0.385. The molecule has 0 aliphatic heterocycles. The van der Waals surface area contributed by atoms with Crippen molar-refractivity contribution in [3.63, 3.8) is 0 Å². The zero-order valence-corrected chi connectivity index (χ0v) is 7.69. The van der Waals surface area contributed by atoms with E-state index in [-0.39, 0.29) is 0 Å². The predicted octanol–water partition coefficient (Wildman–Crippen LogP) is 3.25. The first-order chi connectivity index (χ1) is 6.45. The second-order valence-corrected chi connectivity index (χ2v) is 4.20. The Labute approximate surface area is 79.3 Å². The minimum Gasteiger partial charge on any atom is -0.0808 e. The molecule has 0 amide bonds. The summed E-state index contributed by atoms with van der Waals surface area (Å²) in [6.07, 6.45) is 18.7. The molecule has 3 aliphatic carbocycles. The van der Waals surface area contributed by atoms with Crippen molar-refractivity contribution in [3.05, 3.63) is 48.1 Å². The Kier molecular flexibility index (Phi) is 1.55. The lowest BCUT2D eigenvalue weighted by molar-refractivity contribution is 0.336. The molecule has 3 rings (SSSR count). The maximum atomic E-state index is 2.39. The fourth-order valence-corrected chi connectivity index (χ4v) is 2.84.